The van der Waals surface area contributed by atoms with Crippen LogP contribution in [0.25, 0.3) is 0 Å². The number of carbonyl (C=O) groups is 1. The Kier molecular flexibility index (Phi) is 6.43. The quantitative estimate of drug-likeness (QED) is 0.428. The van der Waals surface area contributed by atoms with Crippen molar-refractivity contribution < 1.29 is 9.72 Å². The van der Waals surface area contributed by atoms with E-state index in [9.17, 15) is 14.9 Å². The van der Waals surface area contributed by atoms with Gasteiger partial charge in [-0.05, 0) is 43.7 Å². The smallest absolute Gasteiger partial charge is 0.321 e. The summed E-state index contributed by atoms with van der Waals surface area (Å²) in [5.74, 6) is -0.588. The number of anilines is 3. The number of halogens is 1. The molecule has 0 aliphatic heterocycles. The second kappa shape index (κ2) is 9.19. The van der Waals surface area contributed by atoms with Crippen LogP contribution in [0.15, 0.2) is 54.9 Å². The first-order chi connectivity index (χ1) is 14.4. The lowest BCUT2D eigenvalue weighted by molar-refractivity contribution is -0.383. The summed E-state index contributed by atoms with van der Waals surface area (Å²) in [6.45, 7) is 4.23. The summed E-state index contributed by atoms with van der Waals surface area (Å²) in [6, 6.07) is 14.0. The molecule has 0 aliphatic carbocycles. The molecular formula is C20H19ClN6O3. The minimum absolute atomic E-state index is 0.109. The first-order valence-electron chi connectivity index (χ1n) is 9.06. The van der Waals surface area contributed by atoms with Crippen molar-refractivity contribution in [1.82, 2.24) is 15.4 Å². The van der Waals surface area contributed by atoms with Crippen LogP contribution in [0.2, 0.25) is 5.02 Å². The summed E-state index contributed by atoms with van der Waals surface area (Å²) >= 11 is 6.02. The summed E-state index contributed by atoms with van der Waals surface area (Å²) in [6.07, 6.45) is 1.20. The number of carbonyl (C=O) groups excluding carboxylic acids is 1. The summed E-state index contributed by atoms with van der Waals surface area (Å²) in [5.41, 5.74) is 6.54. The maximum atomic E-state index is 12.4. The highest BCUT2D eigenvalue weighted by Crippen LogP contribution is 2.35. The van der Waals surface area contributed by atoms with E-state index in [4.69, 9.17) is 11.6 Å². The Labute approximate surface area is 177 Å². The van der Waals surface area contributed by atoms with E-state index in [1.165, 1.54) is 12.4 Å². The predicted octanol–water partition coefficient (Wildman–Crippen LogP) is 4.26. The first-order valence-corrected chi connectivity index (χ1v) is 9.44. The molecule has 0 saturated carbocycles. The fourth-order valence-electron chi connectivity index (χ4n) is 2.91. The molecular weight excluding hydrogens is 408 g/mol. The average Bonchev–Trinajstić information content (AvgIpc) is 2.73. The monoisotopic (exact) mass is 426 g/mol. The third-order valence-corrected chi connectivity index (χ3v) is 4.61. The predicted molar refractivity (Wildman–Crippen MR) is 115 cm³/mol. The Morgan fingerprint density at radius 3 is 2.63 bits per heavy atom. The number of aryl methyl sites for hydroxylation is 1. The van der Waals surface area contributed by atoms with E-state index in [0.717, 1.165) is 11.3 Å². The number of hydrogen-bond acceptors (Lipinski definition) is 7. The molecule has 0 fully saturated rings. The number of hydrazine groups is 1. The molecule has 0 atom stereocenters. The summed E-state index contributed by atoms with van der Waals surface area (Å²) in [4.78, 5) is 33.4. The fourth-order valence-corrected chi connectivity index (χ4v) is 3.13. The first kappa shape index (κ1) is 21.0. The molecule has 0 aliphatic rings. The fraction of sp³-hybridized carbons (Fsp3) is 0.150. The molecule has 30 heavy (non-hydrogen) atoms. The Morgan fingerprint density at radius 1 is 1.20 bits per heavy atom. The number of rotatable bonds is 7. The Hall–Kier alpha value is -3.72. The van der Waals surface area contributed by atoms with Crippen molar-refractivity contribution in [2.75, 3.05) is 16.9 Å². The third kappa shape index (κ3) is 4.47. The van der Waals surface area contributed by atoms with Crippen LogP contribution in [0.3, 0.4) is 0 Å². The number of amides is 1. The van der Waals surface area contributed by atoms with E-state index >= 15 is 0 Å². The molecule has 154 valence electrons. The SMILES string of the molecule is CCN(c1cccc(C)c1)c1ncnc(NNC(=O)c2ccccc2Cl)c1[N+](=O)[O-]. The summed E-state index contributed by atoms with van der Waals surface area (Å²) in [5, 5.41) is 12.1. The van der Waals surface area contributed by atoms with Crippen molar-refractivity contribution in [3.05, 3.63) is 81.1 Å². The Bertz CT molecular complexity index is 1090. The number of hydrogen-bond donors (Lipinski definition) is 2. The highest BCUT2D eigenvalue weighted by Gasteiger charge is 2.28. The van der Waals surface area contributed by atoms with Gasteiger partial charge < -0.3 is 4.90 Å². The molecule has 1 aromatic heterocycles. The van der Waals surface area contributed by atoms with E-state index in [-0.39, 0.29) is 27.9 Å². The van der Waals surface area contributed by atoms with Crippen molar-refractivity contribution in [1.29, 1.82) is 0 Å². The van der Waals surface area contributed by atoms with Gasteiger partial charge in [-0.25, -0.2) is 9.97 Å². The molecule has 1 amide bonds. The van der Waals surface area contributed by atoms with Gasteiger partial charge in [0, 0.05) is 12.2 Å². The van der Waals surface area contributed by atoms with Crippen molar-refractivity contribution in [2.24, 2.45) is 0 Å². The molecule has 3 aromatic rings. The second-order valence-corrected chi connectivity index (χ2v) is 6.70. The normalized spacial score (nSPS) is 10.4. The number of nitrogens with one attached hydrogen (secondary N) is 2. The van der Waals surface area contributed by atoms with Crippen molar-refractivity contribution in [3.63, 3.8) is 0 Å². The van der Waals surface area contributed by atoms with Crippen molar-refractivity contribution in [3.8, 4) is 0 Å². The summed E-state index contributed by atoms with van der Waals surface area (Å²) < 4.78 is 0. The van der Waals surface area contributed by atoms with Crippen molar-refractivity contribution in [2.45, 2.75) is 13.8 Å². The lowest BCUT2D eigenvalue weighted by Crippen LogP contribution is -2.31. The van der Waals surface area contributed by atoms with E-state index in [1.807, 2.05) is 38.1 Å². The van der Waals surface area contributed by atoms with Crippen LogP contribution in [-0.4, -0.2) is 27.3 Å². The Morgan fingerprint density at radius 2 is 1.97 bits per heavy atom. The molecule has 2 aromatic carbocycles. The minimum Gasteiger partial charge on any atom is -0.321 e. The molecule has 1 heterocycles. The molecule has 0 radical (unpaired) electrons. The maximum Gasteiger partial charge on any atom is 0.355 e. The van der Waals surface area contributed by atoms with E-state index in [0.29, 0.717) is 6.54 Å². The van der Waals surface area contributed by atoms with Crippen LogP contribution < -0.4 is 15.8 Å². The number of nitro groups is 1. The summed E-state index contributed by atoms with van der Waals surface area (Å²) in [7, 11) is 0. The van der Waals surface area contributed by atoms with Gasteiger partial charge in [-0.15, -0.1) is 0 Å². The third-order valence-electron chi connectivity index (χ3n) is 4.28. The lowest BCUT2D eigenvalue weighted by Gasteiger charge is -2.22. The van der Waals surface area contributed by atoms with Crippen LogP contribution in [-0.2, 0) is 0 Å². The van der Waals surface area contributed by atoms with Crippen molar-refractivity contribution >= 4 is 40.5 Å². The zero-order chi connectivity index (χ0) is 21.7. The Balaban J connectivity index is 1.94. The second-order valence-electron chi connectivity index (χ2n) is 6.29. The van der Waals surface area contributed by atoms with Gasteiger partial charge in [0.1, 0.15) is 6.33 Å². The lowest BCUT2D eigenvalue weighted by atomic mass is 10.2. The number of benzene rings is 2. The van der Waals surface area contributed by atoms with Crippen LogP contribution in [0.1, 0.15) is 22.8 Å². The van der Waals surface area contributed by atoms with Gasteiger partial charge in [-0.1, -0.05) is 35.9 Å². The average molecular weight is 427 g/mol. The van der Waals surface area contributed by atoms with Gasteiger partial charge in [0.2, 0.25) is 11.6 Å². The van der Waals surface area contributed by atoms with Crippen LogP contribution >= 0.6 is 11.6 Å². The standard InChI is InChI=1S/C20H19ClN6O3/c1-3-26(14-8-6-7-13(2)11-14)19-17(27(29)30)18(22-12-23-19)24-25-20(28)15-9-4-5-10-16(15)21/h4-12H,3H2,1-2H3,(H,25,28)(H,22,23,24). The van der Waals surface area contributed by atoms with Crippen LogP contribution in [0, 0.1) is 17.0 Å². The van der Waals surface area contributed by atoms with E-state index in [2.05, 4.69) is 20.8 Å². The minimum atomic E-state index is -0.586. The zero-order valence-electron chi connectivity index (χ0n) is 16.3. The van der Waals surface area contributed by atoms with Gasteiger partial charge in [0.05, 0.1) is 15.5 Å². The molecule has 0 bridgehead atoms. The highest BCUT2D eigenvalue weighted by atomic mass is 35.5. The topological polar surface area (TPSA) is 113 Å². The number of nitrogens with zero attached hydrogens (tertiary/aromatic N) is 4. The molecule has 0 saturated heterocycles. The molecule has 2 N–H and O–H groups in total. The van der Waals surface area contributed by atoms with Gasteiger partial charge in [-0.3, -0.25) is 25.8 Å². The molecule has 9 nitrogen and oxygen atoms in total. The van der Waals surface area contributed by atoms with E-state index in [1.54, 1.807) is 23.1 Å². The molecule has 0 spiro atoms. The van der Waals surface area contributed by atoms with Gasteiger partial charge in [-0.2, -0.15) is 0 Å². The van der Waals surface area contributed by atoms with Gasteiger partial charge in [0.25, 0.3) is 5.91 Å². The largest absolute Gasteiger partial charge is 0.355 e. The highest BCUT2D eigenvalue weighted by molar-refractivity contribution is 6.33. The van der Waals surface area contributed by atoms with Crippen LogP contribution in [0.5, 0.6) is 0 Å². The van der Waals surface area contributed by atoms with Gasteiger partial charge in [0.15, 0.2) is 0 Å². The molecule has 10 heteroatoms. The molecule has 0 unspecified atom stereocenters. The number of aromatic nitrogens is 2. The zero-order valence-corrected chi connectivity index (χ0v) is 17.1. The van der Waals surface area contributed by atoms with E-state index < -0.39 is 10.8 Å². The molecule has 3 rings (SSSR count). The maximum absolute atomic E-state index is 12.4. The van der Waals surface area contributed by atoms with Crippen LogP contribution in [0.4, 0.5) is 23.0 Å². The van der Waals surface area contributed by atoms with Gasteiger partial charge >= 0.3 is 5.69 Å².